The van der Waals surface area contributed by atoms with Crippen LogP contribution in [0.25, 0.3) is 0 Å². The van der Waals surface area contributed by atoms with E-state index in [1.54, 1.807) is 31.2 Å². The van der Waals surface area contributed by atoms with Gasteiger partial charge in [-0.3, -0.25) is 4.79 Å². The predicted molar refractivity (Wildman–Crippen MR) is 81.7 cm³/mol. The first kappa shape index (κ1) is 15.3. The SMILES string of the molecule is [CH2]C(O)C(C(=O)OCC)(c1ccccc1)c1ccccc1. The van der Waals surface area contributed by atoms with Gasteiger partial charge in [0.15, 0.2) is 0 Å². The Bertz CT molecular complexity index is 536. The second-order valence-corrected chi connectivity index (χ2v) is 4.78. The molecule has 0 spiro atoms. The van der Waals surface area contributed by atoms with Gasteiger partial charge >= 0.3 is 5.97 Å². The van der Waals surface area contributed by atoms with Crippen LogP contribution in [-0.2, 0) is 14.9 Å². The van der Waals surface area contributed by atoms with Crippen LogP contribution >= 0.6 is 0 Å². The summed E-state index contributed by atoms with van der Waals surface area (Å²) in [4.78, 5) is 12.7. The van der Waals surface area contributed by atoms with Crippen molar-refractivity contribution < 1.29 is 14.6 Å². The first-order chi connectivity index (χ1) is 10.1. The van der Waals surface area contributed by atoms with Crippen molar-refractivity contribution in [2.75, 3.05) is 6.61 Å². The Morgan fingerprint density at radius 3 is 1.86 bits per heavy atom. The summed E-state index contributed by atoms with van der Waals surface area (Å²) in [6.45, 7) is 5.71. The molecule has 1 atom stereocenters. The van der Waals surface area contributed by atoms with Gasteiger partial charge < -0.3 is 9.84 Å². The third-order valence-corrected chi connectivity index (χ3v) is 3.56. The van der Waals surface area contributed by atoms with Crippen LogP contribution < -0.4 is 0 Å². The van der Waals surface area contributed by atoms with Gasteiger partial charge in [0, 0.05) is 0 Å². The van der Waals surface area contributed by atoms with Crippen molar-refractivity contribution in [3.8, 4) is 0 Å². The Morgan fingerprint density at radius 1 is 1.10 bits per heavy atom. The smallest absolute Gasteiger partial charge is 0.323 e. The zero-order valence-corrected chi connectivity index (χ0v) is 12.0. The molecule has 109 valence electrons. The third kappa shape index (κ3) is 2.69. The molecule has 0 fully saturated rings. The Hall–Kier alpha value is -2.13. The summed E-state index contributed by atoms with van der Waals surface area (Å²) in [5.41, 5.74) is 0.00715. The molecule has 0 saturated heterocycles. The van der Waals surface area contributed by atoms with Gasteiger partial charge in [0.1, 0.15) is 5.41 Å². The highest BCUT2D eigenvalue weighted by Crippen LogP contribution is 2.37. The van der Waals surface area contributed by atoms with E-state index in [0.29, 0.717) is 11.1 Å². The average molecular weight is 283 g/mol. The first-order valence-electron chi connectivity index (χ1n) is 6.93. The van der Waals surface area contributed by atoms with E-state index < -0.39 is 17.5 Å². The second kappa shape index (κ2) is 6.55. The van der Waals surface area contributed by atoms with E-state index in [-0.39, 0.29) is 6.61 Å². The molecule has 0 saturated carbocycles. The van der Waals surface area contributed by atoms with Gasteiger partial charge in [-0.25, -0.2) is 0 Å². The van der Waals surface area contributed by atoms with Crippen molar-refractivity contribution in [2.45, 2.75) is 18.4 Å². The van der Waals surface area contributed by atoms with Crippen molar-refractivity contribution in [1.82, 2.24) is 0 Å². The Labute approximate surface area is 125 Å². The highest BCUT2D eigenvalue weighted by molar-refractivity contribution is 5.88. The average Bonchev–Trinajstić information content (AvgIpc) is 2.50. The number of aliphatic hydroxyl groups is 1. The maximum Gasteiger partial charge on any atom is 0.323 e. The minimum Gasteiger partial charge on any atom is -0.465 e. The molecule has 0 aliphatic heterocycles. The fourth-order valence-corrected chi connectivity index (χ4v) is 2.57. The standard InChI is InChI=1S/C18H19O3/c1-3-21-17(20)18(14(2)19,15-10-6-4-7-11-15)16-12-8-5-9-13-16/h4-14,19H,2-3H2,1H3. The molecular weight excluding hydrogens is 264 g/mol. The number of esters is 1. The van der Waals surface area contributed by atoms with Crippen molar-refractivity contribution >= 4 is 5.97 Å². The van der Waals surface area contributed by atoms with Gasteiger partial charge in [0.2, 0.25) is 0 Å². The van der Waals surface area contributed by atoms with Crippen molar-refractivity contribution in [1.29, 1.82) is 0 Å². The molecule has 1 radical (unpaired) electrons. The van der Waals surface area contributed by atoms with Gasteiger partial charge in [-0.1, -0.05) is 60.7 Å². The van der Waals surface area contributed by atoms with Gasteiger partial charge in [-0.05, 0) is 25.0 Å². The fourth-order valence-electron chi connectivity index (χ4n) is 2.57. The molecule has 3 nitrogen and oxygen atoms in total. The number of benzene rings is 2. The first-order valence-corrected chi connectivity index (χ1v) is 6.93. The number of hydrogen-bond acceptors (Lipinski definition) is 3. The highest BCUT2D eigenvalue weighted by atomic mass is 16.5. The summed E-state index contributed by atoms with van der Waals surface area (Å²) in [7, 11) is 0. The summed E-state index contributed by atoms with van der Waals surface area (Å²) in [5, 5.41) is 10.4. The molecule has 2 rings (SSSR count). The zero-order valence-electron chi connectivity index (χ0n) is 12.0. The number of hydrogen-bond donors (Lipinski definition) is 1. The normalized spacial score (nSPS) is 12.7. The highest BCUT2D eigenvalue weighted by Gasteiger charge is 2.47. The van der Waals surface area contributed by atoms with Crippen LogP contribution in [0.5, 0.6) is 0 Å². The van der Waals surface area contributed by atoms with Crippen LogP contribution in [0.4, 0.5) is 0 Å². The number of carbonyl (C=O) groups excluding carboxylic acids is 1. The van der Waals surface area contributed by atoms with Crippen LogP contribution in [0.3, 0.4) is 0 Å². The minimum atomic E-state index is -1.32. The van der Waals surface area contributed by atoms with E-state index in [0.717, 1.165) is 0 Å². The molecule has 1 N–H and O–H groups in total. The lowest BCUT2D eigenvalue weighted by Gasteiger charge is -2.35. The Morgan fingerprint density at radius 2 is 1.52 bits per heavy atom. The molecule has 0 amide bonds. The summed E-state index contributed by atoms with van der Waals surface area (Å²) < 4.78 is 5.24. The van der Waals surface area contributed by atoms with Gasteiger partial charge in [-0.2, -0.15) is 0 Å². The van der Waals surface area contributed by atoms with Gasteiger partial charge in [-0.15, -0.1) is 0 Å². The summed E-state index contributed by atoms with van der Waals surface area (Å²) in [6, 6.07) is 18.2. The molecular formula is C18H19O3. The van der Waals surface area contributed by atoms with Crippen LogP contribution in [0.1, 0.15) is 18.1 Å². The summed E-state index contributed by atoms with van der Waals surface area (Å²) in [6.07, 6.45) is -1.17. The van der Waals surface area contributed by atoms with Crippen molar-refractivity contribution in [3.05, 3.63) is 78.7 Å². The molecule has 0 aliphatic rings. The van der Waals surface area contributed by atoms with E-state index >= 15 is 0 Å². The lowest BCUT2D eigenvalue weighted by Crippen LogP contribution is -2.47. The molecule has 0 aliphatic carbocycles. The van der Waals surface area contributed by atoms with E-state index in [1.807, 2.05) is 36.4 Å². The number of rotatable bonds is 5. The van der Waals surface area contributed by atoms with Crippen molar-refractivity contribution in [3.63, 3.8) is 0 Å². The van der Waals surface area contributed by atoms with E-state index in [1.165, 1.54) is 0 Å². The second-order valence-electron chi connectivity index (χ2n) is 4.78. The van der Waals surface area contributed by atoms with E-state index in [4.69, 9.17) is 4.74 Å². The monoisotopic (exact) mass is 283 g/mol. The third-order valence-electron chi connectivity index (χ3n) is 3.56. The van der Waals surface area contributed by atoms with Crippen LogP contribution in [-0.4, -0.2) is 23.8 Å². The number of carbonyl (C=O) groups is 1. The molecule has 21 heavy (non-hydrogen) atoms. The molecule has 3 heteroatoms. The van der Waals surface area contributed by atoms with Crippen LogP contribution in [0.15, 0.2) is 60.7 Å². The molecule has 1 unspecified atom stereocenters. The summed E-state index contributed by atoms with van der Waals surface area (Å²) in [5.74, 6) is -0.495. The molecule has 0 aromatic heterocycles. The Balaban J connectivity index is 2.70. The minimum absolute atomic E-state index is 0.243. The molecule has 0 bridgehead atoms. The van der Waals surface area contributed by atoms with E-state index in [9.17, 15) is 9.90 Å². The predicted octanol–water partition coefficient (Wildman–Crippen LogP) is 2.73. The number of ether oxygens (including phenoxy) is 1. The van der Waals surface area contributed by atoms with Crippen molar-refractivity contribution in [2.24, 2.45) is 0 Å². The maximum absolute atomic E-state index is 12.7. The fraction of sp³-hybridized carbons (Fsp3) is 0.222. The van der Waals surface area contributed by atoms with Crippen LogP contribution in [0.2, 0.25) is 0 Å². The molecule has 2 aromatic carbocycles. The van der Waals surface area contributed by atoms with Crippen LogP contribution in [0, 0.1) is 6.92 Å². The lowest BCUT2D eigenvalue weighted by atomic mass is 9.70. The van der Waals surface area contributed by atoms with E-state index in [2.05, 4.69) is 6.92 Å². The quantitative estimate of drug-likeness (QED) is 0.858. The maximum atomic E-state index is 12.7. The topological polar surface area (TPSA) is 46.5 Å². The summed E-state index contributed by atoms with van der Waals surface area (Å²) >= 11 is 0. The lowest BCUT2D eigenvalue weighted by molar-refractivity contribution is -0.151. The molecule has 0 heterocycles. The Kier molecular flexibility index (Phi) is 4.76. The zero-order chi connectivity index (χ0) is 15.3. The molecule has 2 aromatic rings. The largest absolute Gasteiger partial charge is 0.465 e. The van der Waals surface area contributed by atoms with Gasteiger partial charge in [0.05, 0.1) is 12.7 Å². The number of aliphatic hydroxyl groups excluding tert-OH is 1. The van der Waals surface area contributed by atoms with Gasteiger partial charge in [0.25, 0.3) is 0 Å².